The molecular weight excluding hydrogens is 222 g/mol. The standard InChI is InChI=1S/C13H16ClNO/c1-2-3-7-11(15)12-8-9-5-4-6-10(14)13(9)16-12/h4-6,8,11H,2-3,7,15H2,1H3. The molecule has 2 nitrogen and oxygen atoms in total. The van der Waals surface area contributed by atoms with Gasteiger partial charge in [0.25, 0.3) is 0 Å². The van der Waals surface area contributed by atoms with Gasteiger partial charge in [0.2, 0.25) is 0 Å². The molecule has 0 aliphatic rings. The van der Waals surface area contributed by atoms with Crippen LogP contribution in [0.1, 0.15) is 38.0 Å². The Morgan fingerprint density at radius 3 is 2.94 bits per heavy atom. The van der Waals surface area contributed by atoms with Gasteiger partial charge in [-0.1, -0.05) is 43.5 Å². The van der Waals surface area contributed by atoms with Crippen molar-refractivity contribution in [2.45, 2.75) is 32.2 Å². The molecule has 1 heterocycles. The van der Waals surface area contributed by atoms with E-state index in [4.69, 9.17) is 21.8 Å². The van der Waals surface area contributed by atoms with Gasteiger partial charge in [-0.15, -0.1) is 0 Å². The molecule has 0 amide bonds. The Morgan fingerprint density at radius 1 is 1.44 bits per heavy atom. The Labute approximate surface area is 100 Å². The molecule has 0 spiro atoms. The fourth-order valence-electron chi connectivity index (χ4n) is 1.80. The third-order valence-electron chi connectivity index (χ3n) is 2.75. The molecule has 1 aromatic heterocycles. The summed E-state index contributed by atoms with van der Waals surface area (Å²) < 4.78 is 5.70. The third-order valence-corrected chi connectivity index (χ3v) is 3.05. The summed E-state index contributed by atoms with van der Waals surface area (Å²) in [6.07, 6.45) is 3.22. The summed E-state index contributed by atoms with van der Waals surface area (Å²) in [5.41, 5.74) is 6.80. The van der Waals surface area contributed by atoms with Gasteiger partial charge in [-0.3, -0.25) is 0 Å². The van der Waals surface area contributed by atoms with Crippen LogP contribution in [-0.4, -0.2) is 0 Å². The third kappa shape index (κ3) is 2.23. The van der Waals surface area contributed by atoms with E-state index < -0.39 is 0 Å². The lowest BCUT2D eigenvalue weighted by atomic mass is 10.1. The topological polar surface area (TPSA) is 39.2 Å². The van der Waals surface area contributed by atoms with Gasteiger partial charge < -0.3 is 10.2 Å². The van der Waals surface area contributed by atoms with Gasteiger partial charge >= 0.3 is 0 Å². The van der Waals surface area contributed by atoms with Crippen molar-refractivity contribution < 1.29 is 4.42 Å². The highest BCUT2D eigenvalue weighted by atomic mass is 35.5. The van der Waals surface area contributed by atoms with E-state index in [2.05, 4.69) is 6.92 Å². The Hall–Kier alpha value is -0.990. The Kier molecular flexibility index (Phi) is 3.52. The average molecular weight is 238 g/mol. The van der Waals surface area contributed by atoms with Crippen molar-refractivity contribution in [3.8, 4) is 0 Å². The number of furan rings is 1. The number of para-hydroxylation sites is 1. The van der Waals surface area contributed by atoms with Crippen LogP contribution in [0.15, 0.2) is 28.7 Å². The van der Waals surface area contributed by atoms with Crippen LogP contribution in [0.3, 0.4) is 0 Å². The first-order chi connectivity index (χ1) is 7.72. The van der Waals surface area contributed by atoms with Crippen molar-refractivity contribution in [2.24, 2.45) is 5.73 Å². The molecule has 1 aromatic carbocycles. The first-order valence-electron chi connectivity index (χ1n) is 5.66. The zero-order chi connectivity index (χ0) is 11.5. The molecule has 0 saturated heterocycles. The predicted octanol–water partition coefficient (Wildman–Crippen LogP) is 4.28. The van der Waals surface area contributed by atoms with E-state index in [1.807, 2.05) is 24.3 Å². The van der Waals surface area contributed by atoms with Gasteiger partial charge in [-0.25, -0.2) is 0 Å². The largest absolute Gasteiger partial charge is 0.458 e. The number of benzene rings is 1. The van der Waals surface area contributed by atoms with Crippen molar-refractivity contribution in [3.63, 3.8) is 0 Å². The smallest absolute Gasteiger partial charge is 0.152 e. The Balaban J connectivity index is 2.29. The minimum atomic E-state index is -0.0246. The summed E-state index contributed by atoms with van der Waals surface area (Å²) in [5, 5.41) is 1.67. The van der Waals surface area contributed by atoms with Crippen molar-refractivity contribution in [3.05, 3.63) is 35.0 Å². The maximum Gasteiger partial charge on any atom is 0.152 e. The van der Waals surface area contributed by atoms with Gasteiger partial charge in [-0.2, -0.15) is 0 Å². The number of hydrogen-bond donors (Lipinski definition) is 1. The number of unbranched alkanes of at least 4 members (excludes halogenated alkanes) is 1. The van der Waals surface area contributed by atoms with E-state index in [0.29, 0.717) is 5.02 Å². The molecule has 1 atom stereocenters. The highest BCUT2D eigenvalue weighted by Crippen LogP contribution is 2.29. The molecule has 3 heteroatoms. The van der Waals surface area contributed by atoms with Crippen molar-refractivity contribution >= 4 is 22.6 Å². The first kappa shape index (κ1) is 11.5. The second-order valence-corrected chi connectivity index (χ2v) is 4.46. The number of fused-ring (bicyclic) bond motifs is 1. The molecule has 0 radical (unpaired) electrons. The van der Waals surface area contributed by atoms with Crippen LogP contribution < -0.4 is 5.73 Å². The van der Waals surface area contributed by atoms with E-state index in [0.717, 1.165) is 36.0 Å². The van der Waals surface area contributed by atoms with Crippen LogP contribution in [0.5, 0.6) is 0 Å². The molecule has 16 heavy (non-hydrogen) atoms. The number of hydrogen-bond acceptors (Lipinski definition) is 2. The molecule has 1 unspecified atom stereocenters. The summed E-state index contributed by atoms with van der Waals surface area (Å²) in [5.74, 6) is 0.830. The van der Waals surface area contributed by atoms with Gasteiger partial charge in [0.05, 0.1) is 11.1 Å². The number of nitrogens with two attached hydrogens (primary N) is 1. The SMILES string of the molecule is CCCCC(N)c1cc2cccc(Cl)c2o1. The lowest BCUT2D eigenvalue weighted by Crippen LogP contribution is -2.08. The van der Waals surface area contributed by atoms with E-state index in [9.17, 15) is 0 Å². The molecule has 0 aliphatic heterocycles. The normalized spacial score (nSPS) is 13.2. The van der Waals surface area contributed by atoms with Crippen LogP contribution in [0.25, 0.3) is 11.0 Å². The van der Waals surface area contributed by atoms with Crippen LogP contribution >= 0.6 is 11.6 Å². The second kappa shape index (κ2) is 4.89. The molecule has 0 bridgehead atoms. The minimum absolute atomic E-state index is 0.0246. The summed E-state index contributed by atoms with van der Waals surface area (Å²) in [7, 11) is 0. The molecule has 2 N–H and O–H groups in total. The molecule has 0 saturated carbocycles. The Bertz CT molecular complexity index is 478. The fourth-order valence-corrected chi connectivity index (χ4v) is 2.02. The van der Waals surface area contributed by atoms with Crippen molar-refractivity contribution in [1.82, 2.24) is 0 Å². The van der Waals surface area contributed by atoms with Gasteiger partial charge in [0, 0.05) is 5.39 Å². The van der Waals surface area contributed by atoms with Crippen LogP contribution in [0.2, 0.25) is 5.02 Å². The lowest BCUT2D eigenvalue weighted by Gasteiger charge is -2.06. The Morgan fingerprint density at radius 2 is 2.25 bits per heavy atom. The first-order valence-corrected chi connectivity index (χ1v) is 6.03. The van der Waals surface area contributed by atoms with E-state index in [-0.39, 0.29) is 6.04 Å². The van der Waals surface area contributed by atoms with Gasteiger partial charge in [0.1, 0.15) is 5.76 Å². The second-order valence-electron chi connectivity index (χ2n) is 4.06. The van der Waals surface area contributed by atoms with Crippen LogP contribution in [0, 0.1) is 0 Å². The van der Waals surface area contributed by atoms with E-state index in [1.54, 1.807) is 0 Å². The fraction of sp³-hybridized carbons (Fsp3) is 0.385. The molecule has 2 aromatic rings. The van der Waals surface area contributed by atoms with Crippen LogP contribution in [0.4, 0.5) is 0 Å². The summed E-state index contributed by atoms with van der Waals surface area (Å²) in [4.78, 5) is 0. The zero-order valence-corrected chi connectivity index (χ0v) is 10.1. The number of halogens is 1. The molecule has 0 aliphatic carbocycles. The molecule has 86 valence electrons. The van der Waals surface area contributed by atoms with Crippen molar-refractivity contribution in [1.29, 1.82) is 0 Å². The molecular formula is C13H16ClNO. The summed E-state index contributed by atoms with van der Waals surface area (Å²) >= 11 is 6.04. The van der Waals surface area contributed by atoms with Crippen molar-refractivity contribution in [2.75, 3.05) is 0 Å². The zero-order valence-electron chi connectivity index (χ0n) is 9.37. The highest BCUT2D eigenvalue weighted by molar-refractivity contribution is 6.34. The minimum Gasteiger partial charge on any atom is -0.458 e. The molecule has 2 rings (SSSR count). The summed E-state index contributed by atoms with van der Waals surface area (Å²) in [6, 6.07) is 7.70. The quantitative estimate of drug-likeness (QED) is 0.862. The van der Waals surface area contributed by atoms with Gasteiger partial charge in [-0.05, 0) is 18.6 Å². The lowest BCUT2D eigenvalue weighted by molar-refractivity contribution is 0.468. The number of rotatable bonds is 4. The average Bonchev–Trinajstić information content (AvgIpc) is 2.71. The monoisotopic (exact) mass is 237 g/mol. The maximum atomic E-state index is 6.06. The maximum absolute atomic E-state index is 6.06. The van der Waals surface area contributed by atoms with E-state index >= 15 is 0 Å². The summed E-state index contributed by atoms with van der Waals surface area (Å²) in [6.45, 7) is 2.15. The van der Waals surface area contributed by atoms with Gasteiger partial charge in [0.15, 0.2) is 5.58 Å². The van der Waals surface area contributed by atoms with Crippen LogP contribution in [-0.2, 0) is 0 Å². The molecule has 0 fully saturated rings. The predicted molar refractivity (Wildman–Crippen MR) is 67.7 cm³/mol. The highest BCUT2D eigenvalue weighted by Gasteiger charge is 2.12. The van der Waals surface area contributed by atoms with E-state index in [1.165, 1.54) is 0 Å².